The van der Waals surface area contributed by atoms with E-state index in [1.165, 1.54) is 11.3 Å². The number of fused-ring (bicyclic) bond motifs is 1. The Balaban J connectivity index is 1.92. The molecule has 0 aliphatic carbocycles. The van der Waals surface area contributed by atoms with Crippen LogP contribution in [0.2, 0.25) is 0 Å². The molecule has 1 aliphatic rings. The highest BCUT2D eigenvalue weighted by atomic mass is 15.4. The van der Waals surface area contributed by atoms with Crippen LogP contribution in [0, 0.1) is 0 Å². The monoisotopic (exact) mass is 278 g/mol. The first kappa shape index (κ1) is 12.2. The molecule has 3 aromatic heterocycles. The summed E-state index contributed by atoms with van der Waals surface area (Å²) in [5, 5.41) is 8.15. The number of nitrogens with zero attached hydrogens (tertiary/aromatic N) is 5. The number of pyridine rings is 1. The number of hydrogen-bond acceptors (Lipinski definition) is 5. The first-order valence-corrected chi connectivity index (χ1v) is 6.93. The van der Waals surface area contributed by atoms with Crippen LogP contribution in [0.15, 0.2) is 43.0 Å². The third-order valence-corrected chi connectivity index (χ3v) is 3.61. The molecule has 21 heavy (non-hydrogen) atoms. The third-order valence-electron chi connectivity index (χ3n) is 3.61. The van der Waals surface area contributed by atoms with Crippen LogP contribution in [0.4, 0.5) is 0 Å². The molecule has 104 valence electrons. The molecule has 0 amide bonds. The fourth-order valence-corrected chi connectivity index (χ4v) is 2.65. The van der Waals surface area contributed by atoms with Crippen LogP contribution in [-0.2, 0) is 13.0 Å². The predicted molar refractivity (Wildman–Crippen MR) is 77.8 cm³/mol. The van der Waals surface area contributed by atoms with Crippen LogP contribution in [0.3, 0.4) is 0 Å². The van der Waals surface area contributed by atoms with Crippen molar-refractivity contribution in [2.45, 2.75) is 13.0 Å². The summed E-state index contributed by atoms with van der Waals surface area (Å²) in [5.74, 6) is 0.616. The van der Waals surface area contributed by atoms with Gasteiger partial charge in [0.2, 0.25) is 0 Å². The van der Waals surface area contributed by atoms with E-state index >= 15 is 0 Å². The van der Waals surface area contributed by atoms with E-state index in [0.29, 0.717) is 5.95 Å². The lowest BCUT2D eigenvalue weighted by atomic mass is 10.0. The largest absolute Gasteiger partial charge is 0.312 e. The molecule has 0 atom stereocenters. The van der Waals surface area contributed by atoms with Crippen molar-refractivity contribution in [1.29, 1.82) is 0 Å². The van der Waals surface area contributed by atoms with Gasteiger partial charge in [0.1, 0.15) is 0 Å². The summed E-state index contributed by atoms with van der Waals surface area (Å²) < 4.78 is 1.86. The highest BCUT2D eigenvalue weighted by Crippen LogP contribution is 2.28. The quantitative estimate of drug-likeness (QED) is 0.766. The molecule has 3 aromatic rings. The van der Waals surface area contributed by atoms with E-state index in [0.717, 1.165) is 30.8 Å². The summed E-state index contributed by atoms with van der Waals surface area (Å²) in [6.07, 6.45) is 8.00. The molecule has 0 fully saturated rings. The zero-order valence-electron chi connectivity index (χ0n) is 11.4. The Hall–Kier alpha value is -2.60. The highest BCUT2D eigenvalue weighted by Gasteiger charge is 2.23. The van der Waals surface area contributed by atoms with Crippen LogP contribution < -0.4 is 5.32 Å². The molecule has 0 bridgehead atoms. The van der Waals surface area contributed by atoms with E-state index in [2.05, 4.69) is 20.3 Å². The van der Waals surface area contributed by atoms with Gasteiger partial charge in [-0.2, -0.15) is 5.10 Å². The maximum atomic E-state index is 4.74. The predicted octanol–water partition coefficient (Wildman–Crippen LogP) is 1.37. The van der Waals surface area contributed by atoms with Gasteiger partial charge < -0.3 is 5.32 Å². The second-order valence-electron chi connectivity index (χ2n) is 4.90. The van der Waals surface area contributed by atoms with E-state index in [-0.39, 0.29) is 0 Å². The lowest BCUT2D eigenvalue weighted by molar-refractivity contribution is 0.617. The van der Waals surface area contributed by atoms with Crippen LogP contribution >= 0.6 is 0 Å². The van der Waals surface area contributed by atoms with Gasteiger partial charge in [0.15, 0.2) is 0 Å². The lowest BCUT2D eigenvalue weighted by Gasteiger charge is -2.14. The number of aromatic nitrogens is 5. The second-order valence-corrected chi connectivity index (χ2v) is 4.90. The Morgan fingerprint density at radius 3 is 2.81 bits per heavy atom. The van der Waals surface area contributed by atoms with Gasteiger partial charge in [0.25, 0.3) is 5.95 Å². The van der Waals surface area contributed by atoms with Crippen molar-refractivity contribution in [3.8, 4) is 17.2 Å². The van der Waals surface area contributed by atoms with E-state index < -0.39 is 0 Å². The van der Waals surface area contributed by atoms with Crippen LogP contribution in [0.25, 0.3) is 17.2 Å². The maximum absolute atomic E-state index is 4.74. The first-order chi connectivity index (χ1) is 10.4. The Kier molecular flexibility index (Phi) is 2.93. The van der Waals surface area contributed by atoms with Gasteiger partial charge in [0, 0.05) is 55.4 Å². The smallest absolute Gasteiger partial charge is 0.250 e. The fraction of sp³-hybridized carbons (Fsp3) is 0.200. The van der Waals surface area contributed by atoms with E-state index in [9.17, 15) is 0 Å². The minimum Gasteiger partial charge on any atom is -0.312 e. The molecule has 0 saturated carbocycles. The van der Waals surface area contributed by atoms with Crippen molar-refractivity contribution in [2.75, 3.05) is 6.54 Å². The van der Waals surface area contributed by atoms with E-state index in [1.54, 1.807) is 18.6 Å². The van der Waals surface area contributed by atoms with Gasteiger partial charge in [-0.1, -0.05) is 0 Å². The average molecular weight is 278 g/mol. The number of nitrogens with one attached hydrogen (secondary N) is 1. The topological polar surface area (TPSA) is 68.5 Å². The van der Waals surface area contributed by atoms with Crippen molar-refractivity contribution in [2.24, 2.45) is 0 Å². The normalized spacial score (nSPS) is 13.9. The minimum atomic E-state index is 0.616. The Bertz CT molecular complexity index is 687. The summed E-state index contributed by atoms with van der Waals surface area (Å²) >= 11 is 0. The molecule has 0 saturated heterocycles. The molecule has 0 aromatic carbocycles. The van der Waals surface area contributed by atoms with Gasteiger partial charge in [-0.15, -0.1) is 0 Å². The molecule has 0 spiro atoms. The first-order valence-electron chi connectivity index (χ1n) is 6.93. The standard InChI is InChI=1S/C15H14N6/c1-3-11(9-16-5-1)14-12-10-17-8-4-13(12)21(20-14)15-18-6-2-7-19-15/h1-3,5-7,9,17H,4,8,10H2. The molecular formula is C15H14N6. The molecule has 6 nitrogen and oxygen atoms in total. The number of hydrogen-bond donors (Lipinski definition) is 1. The molecule has 0 radical (unpaired) electrons. The summed E-state index contributed by atoms with van der Waals surface area (Å²) in [5.41, 5.74) is 4.37. The van der Waals surface area contributed by atoms with Crippen molar-refractivity contribution >= 4 is 0 Å². The molecule has 0 unspecified atom stereocenters. The lowest BCUT2D eigenvalue weighted by Crippen LogP contribution is -2.25. The van der Waals surface area contributed by atoms with Crippen LogP contribution in [0.1, 0.15) is 11.3 Å². The van der Waals surface area contributed by atoms with Gasteiger partial charge >= 0.3 is 0 Å². The zero-order chi connectivity index (χ0) is 14.1. The van der Waals surface area contributed by atoms with Crippen molar-refractivity contribution < 1.29 is 0 Å². The van der Waals surface area contributed by atoms with Gasteiger partial charge in [-0.05, 0) is 18.2 Å². The summed E-state index contributed by atoms with van der Waals surface area (Å²) in [7, 11) is 0. The van der Waals surface area contributed by atoms with Crippen molar-refractivity contribution in [3.63, 3.8) is 0 Å². The summed E-state index contributed by atoms with van der Waals surface area (Å²) in [6.45, 7) is 1.75. The SMILES string of the molecule is c1cnc(-n2nc(-c3cccnc3)c3c2CCNC3)nc1. The zero-order valence-corrected chi connectivity index (χ0v) is 11.4. The van der Waals surface area contributed by atoms with Crippen LogP contribution in [0.5, 0.6) is 0 Å². The Morgan fingerprint density at radius 1 is 1.10 bits per heavy atom. The van der Waals surface area contributed by atoms with Crippen LogP contribution in [-0.4, -0.2) is 31.3 Å². The molecule has 4 rings (SSSR count). The Morgan fingerprint density at radius 2 is 2.00 bits per heavy atom. The van der Waals surface area contributed by atoms with Gasteiger partial charge in [-0.25, -0.2) is 14.6 Å². The Labute approximate surface area is 121 Å². The van der Waals surface area contributed by atoms with Crippen molar-refractivity contribution in [1.82, 2.24) is 30.0 Å². The summed E-state index contributed by atoms with van der Waals surface area (Å²) in [6, 6.07) is 5.76. The highest BCUT2D eigenvalue weighted by molar-refractivity contribution is 5.64. The molecular weight excluding hydrogens is 264 g/mol. The second kappa shape index (κ2) is 5.06. The third kappa shape index (κ3) is 2.09. The van der Waals surface area contributed by atoms with Gasteiger partial charge in [-0.3, -0.25) is 4.98 Å². The molecule has 1 aliphatic heterocycles. The summed E-state index contributed by atoms with van der Waals surface area (Å²) in [4.78, 5) is 12.8. The number of rotatable bonds is 2. The molecule has 1 N–H and O–H groups in total. The minimum absolute atomic E-state index is 0.616. The molecule has 4 heterocycles. The average Bonchev–Trinajstić information content (AvgIpc) is 2.96. The van der Waals surface area contributed by atoms with E-state index in [4.69, 9.17) is 5.10 Å². The fourth-order valence-electron chi connectivity index (χ4n) is 2.65. The van der Waals surface area contributed by atoms with Crippen molar-refractivity contribution in [3.05, 3.63) is 54.2 Å². The molecule has 6 heteroatoms. The van der Waals surface area contributed by atoms with Gasteiger partial charge in [0.05, 0.1) is 11.4 Å². The van der Waals surface area contributed by atoms with E-state index in [1.807, 2.05) is 29.1 Å². The maximum Gasteiger partial charge on any atom is 0.250 e.